The molecule has 0 aromatic carbocycles. The van der Waals surface area contributed by atoms with Crippen LogP contribution in [-0.2, 0) is 17.8 Å². The Bertz CT molecular complexity index is 532. The average Bonchev–Trinajstić information content (AvgIpc) is 3.01. The van der Waals surface area contributed by atoms with Crippen molar-refractivity contribution >= 4 is 0 Å². The summed E-state index contributed by atoms with van der Waals surface area (Å²) in [6.45, 7) is 7.83. The number of hydrogen-bond donors (Lipinski definition) is 0. The summed E-state index contributed by atoms with van der Waals surface area (Å²) in [5.74, 6) is 1.67. The molecule has 0 aliphatic carbocycles. The number of aromatic nitrogens is 4. The van der Waals surface area contributed by atoms with Crippen molar-refractivity contribution < 1.29 is 9.15 Å². The van der Waals surface area contributed by atoms with E-state index in [4.69, 9.17) is 9.15 Å². The van der Waals surface area contributed by atoms with E-state index in [1.54, 1.807) is 17.3 Å². The zero-order chi connectivity index (χ0) is 13.9. The van der Waals surface area contributed by atoms with Gasteiger partial charge >= 0.3 is 0 Å². The van der Waals surface area contributed by atoms with Crippen LogP contribution in [0.2, 0.25) is 0 Å². The maximum atomic E-state index is 5.77. The highest BCUT2D eigenvalue weighted by atomic mass is 16.5. The Morgan fingerprint density at radius 2 is 2.30 bits per heavy atom. The van der Waals surface area contributed by atoms with Crippen molar-refractivity contribution in [1.82, 2.24) is 24.6 Å². The molecule has 3 heterocycles. The first-order valence-corrected chi connectivity index (χ1v) is 6.80. The lowest BCUT2D eigenvalue weighted by atomic mass is 10.2. The quantitative estimate of drug-likeness (QED) is 0.822. The van der Waals surface area contributed by atoms with Gasteiger partial charge in [0, 0.05) is 13.1 Å². The number of hydrogen-bond acceptors (Lipinski definition) is 6. The normalized spacial score (nSPS) is 20.4. The van der Waals surface area contributed by atoms with Crippen LogP contribution in [0.3, 0.4) is 0 Å². The smallest absolute Gasteiger partial charge is 0.208 e. The van der Waals surface area contributed by atoms with Crippen LogP contribution in [0.15, 0.2) is 17.1 Å². The fourth-order valence-corrected chi connectivity index (χ4v) is 2.37. The fourth-order valence-electron chi connectivity index (χ4n) is 2.37. The van der Waals surface area contributed by atoms with Crippen LogP contribution in [0.1, 0.15) is 17.3 Å². The molecule has 2 aromatic rings. The Morgan fingerprint density at radius 3 is 3.00 bits per heavy atom. The summed E-state index contributed by atoms with van der Waals surface area (Å²) in [5, 5.41) is 4.11. The van der Waals surface area contributed by atoms with Crippen LogP contribution in [0.25, 0.3) is 0 Å². The monoisotopic (exact) mass is 277 g/mol. The largest absolute Gasteiger partial charge is 0.444 e. The lowest BCUT2D eigenvalue weighted by molar-refractivity contribution is -0.0423. The van der Waals surface area contributed by atoms with Gasteiger partial charge in [-0.3, -0.25) is 9.58 Å². The predicted molar refractivity (Wildman–Crippen MR) is 71.0 cm³/mol. The van der Waals surface area contributed by atoms with Gasteiger partial charge in [-0.25, -0.2) is 9.97 Å². The second-order valence-electron chi connectivity index (χ2n) is 5.09. The standard InChI is InChI=1S/C13H19N5O2/c1-10-11(2)20-13(16-10)7-17-3-4-19-12(5-17)6-18-9-14-8-15-18/h8-9,12H,3-7H2,1-2H3. The van der Waals surface area contributed by atoms with Crippen LogP contribution in [0.4, 0.5) is 0 Å². The van der Waals surface area contributed by atoms with E-state index in [2.05, 4.69) is 20.0 Å². The zero-order valence-corrected chi connectivity index (χ0v) is 11.8. The third kappa shape index (κ3) is 3.05. The van der Waals surface area contributed by atoms with Crippen molar-refractivity contribution in [2.75, 3.05) is 19.7 Å². The predicted octanol–water partition coefficient (Wildman–Crippen LogP) is 0.784. The second kappa shape index (κ2) is 5.72. The van der Waals surface area contributed by atoms with Gasteiger partial charge in [0.2, 0.25) is 5.89 Å². The van der Waals surface area contributed by atoms with Gasteiger partial charge in [-0.05, 0) is 13.8 Å². The molecule has 0 bridgehead atoms. The van der Waals surface area contributed by atoms with Crippen LogP contribution in [0.5, 0.6) is 0 Å². The second-order valence-corrected chi connectivity index (χ2v) is 5.09. The summed E-state index contributed by atoms with van der Waals surface area (Å²) in [4.78, 5) is 10.7. The first-order valence-electron chi connectivity index (χ1n) is 6.80. The molecule has 1 atom stereocenters. The minimum atomic E-state index is 0.127. The molecule has 1 unspecified atom stereocenters. The third-order valence-electron chi connectivity index (χ3n) is 3.51. The molecule has 7 nitrogen and oxygen atoms in total. The average molecular weight is 277 g/mol. The number of oxazole rings is 1. The van der Waals surface area contributed by atoms with Gasteiger partial charge < -0.3 is 9.15 Å². The van der Waals surface area contributed by atoms with Gasteiger partial charge in [0.1, 0.15) is 18.4 Å². The first kappa shape index (κ1) is 13.3. The van der Waals surface area contributed by atoms with E-state index >= 15 is 0 Å². The summed E-state index contributed by atoms with van der Waals surface area (Å²) in [5.41, 5.74) is 0.965. The molecule has 0 N–H and O–H groups in total. The molecule has 3 rings (SSSR count). The molecule has 0 spiro atoms. The fraction of sp³-hybridized carbons (Fsp3) is 0.615. The van der Waals surface area contributed by atoms with Crippen molar-refractivity contribution in [2.45, 2.75) is 33.0 Å². The van der Waals surface area contributed by atoms with Crippen LogP contribution in [0, 0.1) is 13.8 Å². The van der Waals surface area contributed by atoms with Gasteiger partial charge in [0.15, 0.2) is 0 Å². The van der Waals surface area contributed by atoms with Crippen molar-refractivity contribution in [3.63, 3.8) is 0 Å². The summed E-state index contributed by atoms with van der Waals surface area (Å²) in [7, 11) is 0. The van der Waals surface area contributed by atoms with Crippen LogP contribution >= 0.6 is 0 Å². The molecule has 0 amide bonds. The van der Waals surface area contributed by atoms with E-state index in [0.29, 0.717) is 0 Å². The number of aryl methyl sites for hydroxylation is 2. The minimum Gasteiger partial charge on any atom is -0.444 e. The summed E-state index contributed by atoms with van der Waals surface area (Å²) < 4.78 is 13.2. The maximum absolute atomic E-state index is 5.77. The summed E-state index contributed by atoms with van der Waals surface area (Å²) in [6.07, 6.45) is 3.38. The van der Waals surface area contributed by atoms with Crippen molar-refractivity contribution in [3.8, 4) is 0 Å². The van der Waals surface area contributed by atoms with Gasteiger partial charge in [0.05, 0.1) is 31.5 Å². The Morgan fingerprint density at radius 1 is 1.40 bits per heavy atom. The summed E-state index contributed by atoms with van der Waals surface area (Å²) in [6, 6.07) is 0. The highest BCUT2D eigenvalue weighted by Crippen LogP contribution is 2.14. The Hall–Kier alpha value is -1.73. The number of rotatable bonds is 4. The Kier molecular flexibility index (Phi) is 3.79. The molecular weight excluding hydrogens is 258 g/mol. The molecule has 0 radical (unpaired) electrons. The number of ether oxygens (including phenoxy) is 1. The van der Waals surface area contributed by atoms with Gasteiger partial charge in [-0.15, -0.1) is 0 Å². The third-order valence-corrected chi connectivity index (χ3v) is 3.51. The topological polar surface area (TPSA) is 69.2 Å². The molecule has 2 aromatic heterocycles. The maximum Gasteiger partial charge on any atom is 0.208 e. The van der Waals surface area contributed by atoms with E-state index in [9.17, 15) is 0 Å². The molecule has 0 saturated carbocycles. The lowest BCUT2D eigenvalue weighted by Gasteiger charge is -2.31. The van der Waals surface area contributed by atoms with Gasteiger partial charge in [0.25, 0.3) is 0 Å². The van der Waals surface area contributed by atoms with Gasteiger partial charge in [-0.1, -0.05) is 0 Å². The molecule has 1 aliphatic heterocycles. The minimum absolute atomic E-state index is 0.127. The van der Waals surface area contributed by atoms with E-state index < -0.39 is 0 Å². The highest BCUT2D eigenvalue weighted by Gasteiger charge is 2.22. The molecule has 1 aliphatic rings. The van der Waals surface area contributed by atoms with Crippen LogP contribution in [-0.4, -0.2) is 50.4 Å². The lowest BCUT2D eigenvalue weighted by Crippen LogP contribution is -2.43. The van der Waals surface area contributed by atoms with Crippen molar-refractivity contribution in [3.05, 3.63) is 30.0 Å². The molecule has 1 saturated heterocycles. The van der Waals surface area contributed by atoms with Crippen molar-refractivity contribution in [2.24, 2.45) is 0 Å². The molecule has 7 heteroatoms. The number of morpholine rings is 1. The Labute approximate surface area is 117 Å². The highest BCUT2D eigenvalue weighted by molar-refractivity contribution is 5.05. The molecule has 108 valence electrons. The first-order chi connectivity index (χ1) is 9.70. The summed E-state index contributed by atoms with van der Waals surface area (Å²) >= 11 is 0. The Balaban J connectivity index is 1.57. The number of nitrogens with zero attached hydrogens (tertiary/aromatic N) is 5. The van der Waals surface area contributed by atoms with E-state index in [1.807, 2.05) is 13.8 Å². The zero-order valence-electron chi connectivity index (χ0n) is 11.8. The SMILES string of the molecule is Cc1nc(CN2CCOC(Cn3cncn3)C2)oc1C. The molecule has 20 heavy (non-hydrogen) atoms. The van der Waals surface area contributed by atoms with Crippen LogP contribution < -0.4 is 0 Å². The van der Waals surface area contributed by atoms with E-state index in [1.165, 1.54) is 0 Å². The van der Waals surface area contributed by atoms with E-state index in [0.717, 1.165) is 50.1 Å². The van der Waals surface area contributed by atoms with Crippen molar-refractivity contribution in [1.29, 1.82) is 0 Å². The van der Waals surface area contributed by atoms with Gasteiger partial charge in [-0.2, -0.15) is 5.10 Å². The molecular formula is C13H19N5O2. The molecule has 1 fully saturated rings. The van der Waals surface area contributed by atoms with E-state index in [-0.39, 0.29) is 6.10 Å².